The maximum atomic E-state index is 5.28. The summed E-state index contributed by atoms with van der Waals surface area (Å²) < 4.78 is 4.10. The summed E-state index contributed by atoms with van der Waals surface area (Å²) in [4.78, 5) is 24.9. The first-order valence-corrected chi connectivity index (χ1v) is 22.8. The largest absolute Gasteiger partial charge is 0.311 e. The van der Waals surface area contributed by atoms with Crippen LogP contribution >= 0.6 is 0 Å². The summed E-state index contributed by atoms with van der Waals surface area (Å²) in [5.41, 5.74) is 19.8. The molecule has 0 spiro atoms. The topological polar surface area (TPSA) is 66.9 Å². The minimum absolute atomic E-state index is 0.819. The molecule has 12 rings (SSSR count). The van der Waals surface area contributed by atoms with Gasteiger partial charge in [0.2, 0.25) is 0 Å². The molecule has 0 aliphatic rings. The lowest BCUT2D eigenvalue weighted by Crippen LogP contribution is -2.10. The molecular formula is C60H44N8. The summed E-state index contributed by atoms with van der Waals surface area (Å²) in [6, 6.07) is 72.1. The molecule has 0 saturated carbocycles. The molecule has 5 aromatic heterocycles. The third kappa shape index (κ3) is 7.69. The van der Waals surface area contributed by atoms with Crippen molar-refractivity contribution in [2.24, 2.45) is 0 Å². The van der Waals surface area contributed by atoms with Crippen molar-refractivity contribution in [2.75, 3.05) is 9.80 Å². The van der Waals surface area contributed by atoms with E-state index in [0.29, 0.717) is 0 Å². The SMILES string of the molecule is Cc1ccc(N(c2ccc(-c3cn4ccccc4n3)cc2)c2ccc(-c3nc4ccccc4nc3-c3ccc(N(c4ccc(C)cc4)c4ccc(-c5cn6ccccc6n5)cc4)cc3)cc2)cc1. The average molecular weight is 877 g/mol. The van der Waals surface area contributed by atoms with E-state index in [2.05, 4.69) is 190 Å². The second-order valence-electron chi connectivity index (χ2n) is 17.1. The smallest absolute Gasteiger partial charge is 0.137 e. The molecule has 0 aliphatic carbocycles. The maximum absolute atomic E-state index is 5.28. The molecule has 0 N–H and O–H groups in total. The molecule has 5 heterocycles. The van der Waals surface area contributed by atoms with Crippen LogP contribution in [-0.2, 0) is 0 Å². The average Bonchev–Trinajstić information content (AvgIpc) is 4.04. The molecule has 8 nitrogen and oxygen atoms in total. The van der Waals surface area contributed by atoms with Crippen LogP contribution in [0.5, 0.6) is 0 Å². The Hall–Kier alpha value is -9.14. The zero-order chi connectivity index (χ0) is 45.6. The Kier molecular flexibility index (Phi) is 10.1. The van der Waals surface area contributed by atoms with Gasteiger partial charge in [0.1, 0.15) is 11.3 Å². The van der Waals surface area contributed by atoms with Crippen LogP contribution in [0.4, 0.5) is 34.1 Å². The number of fused-ring (bicyclic) bond motifs is 3. The van der Waals surface area contributed by atoms with Gasteiger partial charge in [-0.05, 0) is 123 Å². The second kappa shape index (κ2) is 17.0. The van der Waals surface area contributed by atoms with Crippen LogP contribution in [0.3, 0.4) is 0 Å². The van der Waals surface area contributed by atoms with Gasteiger partial charge in [-0.2, -0.15) is 0 Å². The van der Waals surface area contributed by atoms with Gasteiger partial charge in [0, 0.05) is 81.2 Å². The van der Waals surface area contributed by atoms with Gasteiger partial charge in [-0.1, -0.05) is 108 Å². The fourth-order valence-electron chi connectivity index (χ4n) is 8.93. The van der Waals surface area contributed by atoms with Crippen LogP contribution < -0.4 is 9.80 Å². The van der Waals surface area contributed by atoms with Gasteiger partial charge in [0.05, 0.1) is 33.8 Å². The van der Waals surface area contributed by atoms with Crippen LogP contribution in [0, 0.1) is 13.8 Å². The number of nitrogens with zero attached hydrogens (tertiary/aromatic N) is 8. The van der Waals surface area contributed by atoms with Crippen LogP contribution in [0.2, 0.25) is 0 Å². The van der Waals surface area contributed by atoms with Crippen molar-refractivity contribution in [2.45, 2.75) is 13.8 Å². The fraction of sp³-hybridized carbons (Fsp3) is 0.0333. The molecule has 7 aromatic carbocycles. The molecule has 0 saturated heterocycles. The van der Waals surface area contributed by atoms with Gasteiger partial charge in [-0.3, -0.25) is 0 Å². The van der Waals surface area contributed by atoms with Crippen molar-refractivity contribution in [1.29, 1.82) is 0 Å². The highest BCUT2D eigenvalue weighted by molar-refractivity contribution is 5.88. The second-order valence-corrected chi connectivity index (χ2v) is 17.1. The van der Waals surface area contributed by atoms with Crippen molar-refractivity contribution in [3.05, 3.63) is 242 Å². The van der Waals surface area contributed by atoms with Crippen LogP contribution in [0.25, 0.3) is 67.4 Å². The Bertz CT molecular complexity index is 3410. The number of imidazole rings is 2. The third-order valence-corrected chi connectivity index (χ3v) is 12.5. The Morgan fingerprint density at radius 3 is 0.956 bits per heavy atom. The highest BCUT2D eigenvalue weighted by Crippen LogP contribution is 2.40. The molecule has 0 aliphatic heterocycles. The van der Waals surface area contributed by atoms with E-state index in [1.54, 1.807) is 0 Å². The Labute approximate surface area is 394 Å². The number of hydrogen-bond acceptors (Lipinski definition) is 6. The predicted octanol–water partition coefficient (Wildman–Crippen LogP) is 15.1. The molecule has 0 unspecified atom stereocenters. The molecule has 8 heteroatoms. The van der Waals surface area contributed by atoms with Crippen molar-refractivity contribution in [3.8, 4) is 45.0 Å². The quantitative estimate of drug-likeness (QED) is 0.136. The number of aryl methyl sites for hydroxylation is 2. The molecule has 0 fully saturated rings. The molecule has 0 atom stereocenters. The van der Waals surface area contributed by atoms with Crippen molar-refractivity contribution >= 4 is 56.5 Å². The molecule has 0 radical (unpaired) electrons. The van der Waals surface area contributed by atoms with E-state index >= 15 is 0 Å². The van der Waals surface area contributed by atoms with Crippen molar-refractivity contribution < 1.29 is 0 Å². The summed E-state index contributed by atoms with van der Waals surface area (Å²) in [6.07, 6.45) is 8.20. The molecule has 0 bridgehead atoms. The number of anilines is 6. The van der Waals surface area contributed by atoms with Crippen LogP contribution in [-0.4, -0.2) is 28.7 Å². The number of pyridine rings is 2. The van der Waals surface area contributed by atoms with Gasteiger partial charge in [-0.15, -0.1) is 0 Å². The van der Waals surface area contributed by atoms with Gasteiger partial charge in [0.25, 0.3) is 0 Å². The van der Waals surface area contributed by atoms with E-state index in [-0.39, 0.29) is 0 Å². The van der Waals surface area contributed by atoms with E-state index in [4.69, 9.17) is 19.9 Å². The minimum Gasteiger partial charge on any atom is -0.311 e. The van der Waals surface area contributed by atoms with E-state index < -0.39 is 0 Å². The standard InChI is InChI=1S/C60H44N8/c1-41-13-25-47(26-14-41)67(49-29-17-43(18-30-49)55-39-65-37-7-5-11-57(65)61-55)51-33-21-45(22-34-51)59-60(64-54-10-4-3-9-53(54)63-59)46-23-35-52(36-24-46)68(48-27-15-42(2)16-28-48)50-31-19-44(20-32-50)56-40-66-38-8-6-12-58(66)62-56/h3-40H,1-2H3. The normalized spacial score (nSPS) is 11.4. The molecule has 324 valence electrons. The molecule has 68 heavy (non-hydrogen) atoms. The van der Waals surface area contributed by atoms with Crippen molar-refractivity contribution in [3.63, 3.8) is 0 Å². The zero-order valence-corrected chi connectivity index (χ0v) is 37.5. The minimum atomic E-state index is 0.819. The Morgan fingerprint density at radius 1 is 0.309 bits per heavy atom. The van der Waals surface area contributed by atoms with Gasteiger partial charge in [0.15, 0.2) is 0 Å². The molecule has 0 amide bonds. The summed E-state index contributed by atoms with van der Waals surface area (Å²) in [6.45, 7) is 4.23. The Morgan fingerprint density at radius 2 is 0.618 bits per heavy atom. The predicted molar refractivity (Wildman–Crippen MR) is 278 cm³/mol. The number of benzene rings is 7. The summed E-state index contributed by atoms with van der Waals surface area (Å²) in [5.74, 6) is 0. The summed E-state index contributed by atoms with van der Waals surface area (Å²) >= 11 is 0. The fourth-order valence-corrected chi connectivity index (χ4v) is 8.93. The van der Waals surface area contributed by atoms with Gasteiger partial charge < -0.3 is 18.6 Å². The third-order valence-electron chi connectivity index (χ3n) is 12.5. The summed E-state index contributed by atoms with van der Waals surface area (Å²) in [5, 5.41) is 0. The van der Waals surface area contributed by atoms with E-state index in [1.807, 2.05) is 73.1 Å². The first kappa shape index (κ1) is 40.4. The first-order chi connectivity index (χ1) is 33.5. The van der Waals surface area contributed by atoms with Gasteiger partial charge >= 0.3 is 0 Å². The summed E-state index contributed by atoms with van der Waals surface area (Å²) in [7, 11) is 0. The number of hydrogen-bond donors (Lipinski definition) is 0. The zero-order valence-electron chi connectivity index (χ0n) is 37.5. The highest BCUT2D eigenvalue weighted by atomic mass is 15.1. The van der Waals surface area contributed by atoms with E-state index in [9.17, 15) is 0 Å². The number of rotatable bonds is 10. The molecular weight excluding hydrogens is 833 g/mol. The molecule has 12 aromatic rings. The number of aromatic nitrogens is 6. The van der Waals surface area contributed by atoms with E-state index in [1.165, 1.54) is 11.1 Å². The lowest BCUT2D eigenvalue weighted by molar-refractivity contribution is 1.19. The number of para-hydroxylation sites is 2. The lowest BCUT2D eigenvalue weighted by Gasteiger charge is -2.26. The van der Waals surface area contributed by atoms with Crippen LogP contribution in [0.15, 0.2) is 231 Å². The maximum Gasteiger partial charge on any atom is 0.137 e. The van der Waals surface area contributed by atoms with E-state index in [0.717, 1.165) is 101 Å². The highest BCUT2D eigenvalue weighted by Gasteiger charge is 2.19. The van der Waals surface area contributed by atoms with Crippen LogP contribution in [0.1, 0.15) is 11.1 Å². The Balaban J connectivity index is 0.890. The monoisotopic (exact) mass is 876 g/mol. The van der Waals surface area contributed by atoms with Crippen molar-refractivity contribution in [1.82, 2.24) is 28.7 Å². The lowest BCUT2D eigenvalue weighted by atomic mass is 10.0. The first-order valence-electron chi connectivity index (χ1n) is 22.8. The van der Waals surface area contributed by atoms with Gasteiger partial charge in [-0.25, -0.2) is 19.9 Å².